The zero-order chi connectivity index (χ0) is 21.1. The van der Waals surface area contributed by atoms with Crippen LogP contribution in [0, 0.1) is 13.8 Å². The number of H-pyrrole nitrogens is 1. The standard InChI is InChI=1S/C25H32N2O3/c1-17-5-4-6-18(2)25(17)30-16-20(28)15-27-11-9-19(10-12-27)23-14-26-24-8-7-21(29-3)13-22(23)24/h4-8,13-14,19-20,26,28H,9-12,15-16H2,1-3H3. The number of hydrogen-bond acceptors (Lipinski definition) is 4. The van der Waals surface area contributed by atoms with Crippen LogP contribution in [-0.4, -0.2) is 54.4 Å². The topological polar surface area (TPSA) is 57.7 Å². The highest BCUT2D eigenvalue weighted by Crippen LogP contribution is 2.34. The van der Waals surface area contributed by atoms with E-state index in [9.17, 15) is 5.11 Å². The molecule has 1 fully saturated rings. The average molecular weight is 409 g/mol. The lowest BCUT2D eigenvalue weighted by atomic mass is 9.89. The number of likely N-dealkylation sites (tertiary alicyclic amines) is 1. The van der Waals surface area contributed by atoms with E-state index in [1.165, 1.54) is 10.9 Å². The van der Waals surface area contributed by atoms with E-state index in [0.717, 1.165) is 54.1 Å². The number of aromatic nitrogens is 1. The van der Waals surface area contributed by atoms with E-state index < -0.39 is 6.10 Å². The molecule has 1 atom stereocenters. The van der Waals surface area contributed by atoms with Crippen molar-refractivity contribution in [3.05, 3.63) is 59.3 Å². The van der Waals surface area contributed by atoms with Gasteiger partial charge in [0.05, 0.1) is 7.11 Å². The first-order chi connectivity index (χ1) is 14.5. The SMILES string of the molecule is COc1ccc2[nH]cc(C3CCN(CC(O)COc4c(C)cccc4C)CC3)c2c1. The minimum Gasteiger partial charge on any atom is -0.497 e. The molecule has 0 saturated carbocycles. The second-order valence-electron chi connectivity index (χ2n) is 8.42. The van der Waals surface area contributed by atoms with Gasteiger partial charge in [-0.3, -0.25) is 0 Å². The molecule has 160 valence electrons. The molecule has 1 aliphatic rings. The van der Waals surface area contributed by atoms with Crippen LogP contribution in [0.1, 0.15) is 35.4 Å². The molecule has 0 amide bonds. The van der Waals surface area contributed by atoms with Gasteiger partial charge in [0, 0.05) is 23.6 Å². The second kappa shape index (κ2) is 9.11. The van der Waals surface area contributed by atoms with Crippen molar-refractivity contribution in [2.75, 3.05) is 33.4 Å². The van der Waals surface area contributed by atoms with Crippen molar-refractivity contribution in [2.24, 2.45) is 0 Å². The molecule has 0 bridgehead atoms. The van der Waals surface area contributed by atoms with Gasteiger partial charge in [0.1, 0.15) is 24.2 Å². The van der Waals surface area contributed by atoms with Gasteiger partial charge in [0.15, 0.2) is 0 Å². The van der Waals surface area contributed by atoms with Crippen molar-refractivity contribution < 1.29 is 14.6 Å². The fourth-order valence-corrected chi connectivity index (χ4v) is 4.57. The number of benzene rings is 2. The summed E-state index contributed by atoms with van der Waals surface area (Å²) < 4.78 is 11.3. The number of aliphatic hydroxyl groups is 1. The van der Waals surface area contributed by atoms with E-state index in [-0.39, 0.29) is 0 Å². The van der Waals surface area contributed by atoms with Gasteiger partial charge < -0.3 is 24.5 Å². The van der Waals surface area contributed by atoms with Gasteiger partial charge in [-0.2, -0.15) is 0 Å². The van der Waals surface area contributed by atoms with E-state index >= 15 is 0 Å². The summed E-state index contributed by atoms with van der Waals surface area (Å²) in [6.07, 6.45) is 3.85. The molecule has 0 aliphatic carbocycles. The van der Waals surface area contributed by atoms with Gasteiger partial charge in [-0.25, -0.2) is 0 Å². The normalized spacial score (nSPS) is 16.7. The predicted molar refractivity (Wildman–Crippen MR) is 121 cm³/mol. The lowest BCUT2D eigenvalue weighted by molar-refractivity contribution is 0.0591. The number of hydrogen-bond donors (Lipinski definition) is 2. The molecule has 2 aromatic carbocycles. The fraction of sp³-hybridized carbons (Fsp3) is 0.440. The Kier molecular flexibility index (Phi) is 6.30. The maximum absolute atomic E-state index is 10.5. The molecule has 1 saturated heterocycles. The largest absolute Gasteiger partial charge is 0.497 e. The first-order valence-electron chi connectivity index (χ1n) is 10.8. The Hall–Kier alpha value is -2.50. The van der Waals surface area contributed by atoms with Gasteiger partial charge in [-0.15, -0.1) is 0 Å². The van der Waals surface area contributed by atoms with Crippen molar-refractivity contribution in [2.45, 2.75) is 38.7 Å². The van der Waals surface area contributed by atoms with Crippen LogP contribution in [0.25, 0.3) is 10.9 Å². The molecule has 5 nitrogen and oxygen atoms in total. The van der Waals surface area contributed by atoms with Crippen LogP contribution in [0.5, 0.6) is 11.5 Å². The van der Waals surface area contributed by atoms with Crippen molar-refractivity contribution in [3.63, 3.8) is 0 Å². The Morgan fingerprint density at radius 3 is 2.57 bits per heavy atom. The summed E-state index contributed by atoms with van der Waals surface area (Å²) in [4.78, 5) is 5.75. The Morgan fingerprint density at radius 2 is 1.87 bits per heavy atom. The number of fused-ring (bicyclic) bond motifs is 1. The molecule has 2 N–H and O–H groups in total. The zero-order valence-corrected chi connectivity index (χ0v) is 18.1. The molecule has 1 unspecified atom stereocenters. The minimum atomic E-state index is -0.488. The lowest BCUT2D eigenvalue weighted by Crippen LogP contribution is -2.40. The lowest BCUT2D eigenvalue weighted by Gasteiger charge is -2.33. The molecule has 5 heteroatoms. The number of para-hydroxylation sites is 1. The molecule has 2 heterocycles. The third-order valence-corrected chi connectivity index (χ3v) is 6.25. The average Bonchev–Trinajstić information content (AvgIpc) is 3.17. The number of nitrogens with zero attached hydrogens (tertiary/aromatic N) is 1. The molecule has 3 aromatic rings. The Labute approximate surface area is 178 Å². The maximum Gasteiger partial charge on any atom is 0.125 e. The van der Waals surface area contributed by atoms with Crippen LogP contribution in [0.2, 0.25) is 0 Å². The molecular weight excluding hydrogens is 376 g/mol. The van der Waals surface area contributed by atoms with Gasteiger partial charge in [-0.05, 0) is 80.6 Å². The fourth-order valence-electron chi connectivity index (χ4n) is 4.57. The minimum absolute atomic E-state index is 0.327. The third-order valence-electron chi connectivity index (χ3n) is 6.25. The third kappa shape index (κ3) is 4.47. The second-order valence-corrected chi connectivity index (χ2v) is 8.42. The van der Waals surface area contributed by atoms with Crippen molar-refractivity contribution in [3.8, 4) is 11.5 Å². The maximum atomic E-state index is 10.5. The summed E-state index contributed by atoms with van der Waals surface area (Å²) in [5, 5.41) is 11.8. The van der Waals surface area contributed by atoms with Crippen LogP contribution in [0.3, 0.4) is 0 Å². The summed E-state index contributed by atoms with van der Waals surface area (Å²) in [6, 6.07) is 12.3. The Bertz CT molecular complexity index is 969. The highest BCUT2D eigenvalue weighted by atomic mass is 16.5. The van der Waals surface area contributed by atoms with Crippen LogP contribution in [0.15, 0.2) is 42.6 Å². The summed E-state index contributed by atoms with van der Waals surface area (Å²) in [6.45, 7) is 7.04. The zero-order valence-electron chi connectivity index (χ0n) is 18.1. The molecule has 0 radical (unpaired) electrons. The number of methoxy groups -OCH3 is 1. The number of aryl methyl sites for hydroxylation is 2. The number of ether oxygens (including phenoxy) is 2. The van der Waals surface area contributed by atoms with Gasteiger partial charge in [0.25, 0.3) is 0 Å². The Morgan fingerprint density at radius 1 is 1.13 bits per heavy atom. The number of β-amino-alcohol motifs (C(OH)–C–C–N with tert-alkyl or cyclic N) is 1. The first-order valence-corrected chi connectivity index (χ1v) is 10.8. The Balaban J connectivity index is 1.30. The summed E-state index contributed by atoms with van der Waals surface area (Å²) in [5.74, 6) is 2.32. The predicted octanol–water partition coefficient (Wildman–Crippen LogP) is 4.41. The monoisotopic (exact) mass is 408 g/mol. The van der Waals surface area contributed by atoms with E-state index in [2.05, 4.69) is 28.2 Å². The van der Waals surface area contributed by atoms with E-state index in [4.69, 9.17) is 9.47 Å². The van der Waals surface area contributed by atoms with E-state index in [1.807, 2.05) is 38.1 Å². The molecule has 30 heavy (non-hydrogen) atoms. The molecule has 1 aromatic heterocycles. The van der Waals surface area contributed by atoms with Crippen molar-refractivity contribution in [1.29, 1.82) is 0 Å². The summed E-state index contributed by atoms with van der Waals surface area (Å²) >= 11 is 0. The first kappa shape index (κ1) is 20.8. The van der Waals surface area contributed by atoms with Crippen LogP contribution >= 0.6 is 0 Å². The number of aliphatic hydroxyl groups excluding tert-OH is 1. The number of piperidine rings is 1. The molecule has 0 spiro atoms. The van der Waals surface area contributed by atoms with Gasteiger partial charge >= 0.3 is 0 Å². The molecule has 1 aliphatic heterocycles. The van der Waals surface area contributed by atoms with Gasteiger partial charge in [0.2, 0.25) is 0 Å². The smallest absolute Gasteiger partial charge is 0.125 e. The van der Waals surface area contributed by atoms with Crippen molar-refractivity contribution >= 4 is 10.9 Å². The highest BCUT2D eigenvalue weighted by Gasteiger charge is 2.24. The highest BCUT2D eigenvalue weighted by molar-refractivity contribution is 5.85. The number of nitrogens with one attached hydrogen (secondary N) is 1. The summed E-state index contributed by atoms with van der Waals surface area (Å²) in [5.41, 5.74) is 4.76. The van der Waals surface area contributed by atoms with Crippen LogP contribution in [0.4, 0.5) is 0 Å². The quantitative estimate of drug-likeness (QED) is 0.608. The number of aromatic amines is 1. The summed E-state index contributed by atoms with van der Waals surface area (Å²) in [7, 11) is 1.71. The van der Waals surface area contributed by atoms with Crippen LogP contribution in [-0.2, 0) is 0 Å². The van der Waals surface area contributed by atoms with Crippen molar-refractivity contribution in [1.82, 2.24) is 9.88 Å². The van der Waals surface area contributed by atoms with E-state index in [1.54, 1.807) is 7.11 Å². The molecular formula is C25H32N2O3. The van der Waals surface area contributed by atoms with Crippen LogP contribution < -0.4 is 9.47 Å². The van der Waals surface area contributed by atoms with Gasteiger partial charge in [-0.1, -0.05) is 18.2 Å². The molecule has 4 rings (SSSR count). The van der Waals surface area contributed by atoms with E-state index in [0.29, 0.717) is 19.1 Å². The number of rotatable bonds is 7.